The number of carbonyl (C=O) groups excluding carboxylic acids is 1. The van der Waals surface area contributed by atoms with Crippen molar-refractivity contribution in [3.8, 4) is 23.0 Å². The van der Waals surface area contributed by atoms with Crippen molar-refractivity contribution in [2.45, 2.75) is 38.1 Å². The van der Waals surface area contributed by atoms with Crippen LogP contribution in [0.2, 0.25) is 0 Å². The van der Waals surface area contributed by atoms with E-state index in [-0.39, 0.29) is 5.91 Å². The van der Waals surface area contributed by atoms with Gasteiger partial charge in [-0.2, -0.15) is 10.4 Å². The molecule has 0 spiro atoms. The van der Waals surface area contributed by atoms with Gasteiger partial charge in [-0.15, -0.1) is 0 Å². The van der Waals surface area contributed by atoms with Crippen LogP contribution < -0.4 is 5.32 Å². The number of piperidine rings is 1. The minimum Gasteiger partial charge on any atom is -0.336 e. The quantitative estimate of drug-likeness (QED) is 0.691. The molecule has 32 heavy (non-hydrogen) atoms. The van der Waals surface area contributed by atoms with E-state index in [0.29, 0.717) is 23.8 Å². The van der Waals surface area contributed by atoms with E-state index in [1.165, 1.54) is 17.5 Å². The Morgan fingerprint density at radius 1 is 1.09 bits per heavy atom. The first-order valence-electron chi connectivity index (χ1n) is 11.4. The SMILES string of the molecule is CN[C@@H]1CCCN(C(=O)c2cc(-c3ccc(C#N)cc3)n(-c3ccc4c(c3)CCC4)n2)C1. The molecule has 1 amide bonds. The van der Waals surface area contributed by atoms with Crippen LogP contribution in [0.1, 0.15) is 46.4 Å². The van der Waals surface area contributed by atoms with Gasteiger partial charge in [-0.3, -0.25) is 4.79 Å². The van der Waals surface area contributed by atoms with Crippen LogP contribution in [0.15, 0.2) is 48.5 Å². The van der Waals surface area contributed by atoms with Crippen LogP contribution in [0.4, 0.5) is 0 Å². The molecule has 2 aliphatic rings. The standard InChI is InChI=1S/C26H27N5O/c1-28-22-6-3-13-30(17-22)26(32)24-15-25(20-9-7-18(16-27)8-10-20)31(29-24)23-12-11-19-4-2-5-21(19)14-23/h7-12,14-15,22,28H,2-6,13,17H2,1H3/t22-/m1/s1. The summed E-state index contributed by atoms with van der Waals surface area (Å²) in [4.78, 5) is 15.3. The van der Waals surface area contributed by atoms with Gasteiger partial charge in [0, 0.05) is 24.7 Å². The Morgan fingerprint density at radius 2 is 1.91 bits per heavy atom. The Hall–Kier alpha value is -3.43. The predicted molar refractivity (Wildman–Crippen MR) is 124 cm³/mol. The van der Waals surface area contributed by atoms with Crippen LogP contribution in [-0.2, 0) is 12.8 Å². The van der Waals surface area contributed by atoms with Gasteiger partial charge in [-0.1, -0.05) is 18.2 Å². The molecule has 3 aromatic rings. The molecular formula is C26H27N5O. The molecule has 2 aromatic carbocycles. The Balaban J connectivity index is 1.56. The molecule has 0 radical (unpaired) electrons. The van der Waals surface area contributed by atoms with Gasteiger partial charge in [-0.25, -0.2) is 4.68 Å². The highest BCUT2D eigenvalue weighted by molar-refractivity contribution is 5.93. The van der Waals surface area contributed by atoms with E-state index in [0.717, 1.165) is 49.2 Å². The number of carbonyl (C=O) groups is 1. The van der Waals surface area contributed by atoms with Crippen LogP contribution >= 0.6 is 0 Å². The van der Waals surface area contributed by atoms with Gasteiger partial charge in [0.25, 0.3) is 5.91 Å². The van der Waals surface area contributed by atoms with Crippen LogP contribution in [-0.4, -0.2) is 46.8 Å². The molecule has 6 nitrogen and oxygen atoms in total. The summed E-state index contributed by atoms with van der Waals surface area (Å²) < 4.78 is 1.88. The molecule has 1 aliphatic heterocycles. The first-order valence-corrected chi connectivity index (χ1v) is 11.4. The number of aromatic nitrogens is 2. The fourth-order valence-corrected chi connectivity index (χ4v) is 4.85. The molecule has 5 rings (SSSR count). The lowest BCUT2D eigenvalue weighted by Gasteiger charge is -2.32. The number of nitrogens with zero attached hydrogens (tertiary/aromatic N) is 4. The first kappa shape index (κ1) is 20.5. The molecule has 1 fully saturated rings. The van der Waals surface area contributed by atoms with Crippen LogP contribution in [0.3, 0.4) is 0 Å². The van der Waals surface area contributed by atoms with E-state index in [1.54, 1.807) is 12.1 Å². The summed E-state index contributed by atoms with van der Waals surface area (Å²) >= 11 is 0. The van der Waals surface area contributed by atoms with Crippen molar-refractivity contribution < 1.29 is 4.79 Å². The number of hydrogen-bond acceptors (Lipinski definition) is 4. The third-order valence-corrected chi connectivity index (χ3v) is 6.68. The van der Waals surface area contributed by atoms with E-state index in [4.69, 9.17) is 10.4 Å². The average molecular weight is 426 g/mol. The Kier molecular flexibility index (Phi) is 5.50. The zero-order valence-corrected chi connectivity index (χ0v) is 18.3. The number of amides is 1. The molecule has 1 N–H and O–H groups in total. The number of hydrogen-bond donors (Lipinski definition) is 1. The van der Waals surface area contributed by atoms with Gasteiger partial charge >= 0.3 is 0 Å². The van der Waals surface area contributed by atoms with E-state index in [2.05, 4.69) is 29.6 Å². The van der Waals surface area contributed by atoms with Crippen LogP contribution in [0.25, 0.3) is 16.9 Å². The average Bonchev–Trinajstić information content (AvgIpc) is 3.50. The van der Waals surface area contributed by atoms with Crippen molar-refractivity contribution in [2.24, 2.45) is 0 Å². The fraction of sp³-hybridized carbons (Fsp3) is 0.346. The Morgan fingerprint density at radius 3 is 2.69 bits per heavy atom. The first-order chi connectivity index (χ1) is 15.7. The molecule has 1 aliphatic carbocycles. The monoisotopic (exact) mass is 425 g/mol. The van der Waals surface area contributed by atoms with Gasteiger partial charge in [-0.05, 0) is 80.6 Å². The maximum atomic E-state index is 13.4. The minimum atomic E-state index is -0.0280. The molecule has 0 unspecified atom stereocenters. The van der Waals surface area contributed by atoms with Crippen LogP contribution in [0, 0.1) is 11.3 Å². The second kappa shape index (κ2) is 8.60. The third-order valence-electron chi connectivity index (χ3n) is 6.68. The lowest BCUT2D eigenvalue weighted by Crippen LogP contribution is -2.47. The van der Waals surface area contributed by atoms with Gasteiger partial charge in [0.05, 0.1) is 23.0 Å². The maximum Gasteiger partial charge on any atom is 0.274 e. The summed E-state index contributed by atoms with van der Waals surface area (Å²) in [6.45, 7) is 1.46. The van der Waals surface area contributed by atoms with Crippen molar-refractivity contribution >= 4 is 5.91 Å². The highest BCUT2D eigenvalue weighted by atomic mass is 16.2. The highest BCUT2D eigenvalue weighted by Gasteiger charge is 2.26. The molecule has 0 bridgehead atoms. The van der Waals surface area contributed by atoms with E-state index in [9.17, 15) is 4.79 Å². The van der Waals surface area contributed by atoms with Crippen molar-refractivity contribution in [1.82, 2.24) is 20.0 Å². The summed E-state index contributed by atoms with van der Waals surface area (Å²) in [5, 5.41) is 17.2. The van der Waals surface area contributed by atoms with E-state index >= 15 is 0 Å². The summed E-state index contributed by atoms with van der Waals surface area (Å²) in [5.41, 5.74) is 6.60. The number of aryl methyl sites for hydroxylation is 2. The number of fused-ring (bicyclic) bond motifs is 1. The predicted octanol–water partition coefficient (Wildman–Crippen LogP) is 3.72. The lowest BCUT2D eigenvalue weighted by molar-refractivity contribution is 0.0691. The molecule has 1 atom stereocenters. The Labute approximate surface area is 188 Å². The number of likely N-dealkylation sites (N-methyl/N-ethyl adjacent to an activating group) is 1. The van der Waals surface area contributed by atoms with Crippen molar-refractivity contribution in [2.75, 3.05) is 20.1 Å². The second-order valence-corrected chi connectivity index (χ2v) is 8.70. The maximum absolute atomic E-state index is 13.4. The molecular weight excluding hydrogens is 398 g/mol. The number of likely N-dealkylation sites (tertiary alicyclic amines) is 1. The van der Waals surface area contributed by atoms with Crippen molar-refractivity contribution in [3.63, 3.8) is 0 Å². The van der Waals surface area contributed by atoms with Gasteiger partial charge in [0.15, 0.2) is 5.69 Å². The zero-order valence-electron chi connectivity index (χ0n) is 18.3. The smallest absolute Gasteiger partial charge is 0.274 e. The summed E-state index contributed by atoms with van der Waals surface area (Å²) in [6, 6.07) is 18.3. The third kappa shape index (κ3) is 3.80. The molecule has 2 heterocycles. The zero-order chi connectivity index (χ0) is 22.1. The second-order valence-electron chi connectivity index (χ2n) is 8.70. The minimum absolute atomic E-state index is 0.0280. The number of nitriles is 1. The number of benzene rings is 2. The van der Waals surface area contributed by atoms with Crippen molar-refractivity contribution in [3.05, 3.63) is 70.9 Å². The highest BCUT2D eigenvalue weighted by Crippen LogP contribution is 2.29. The van der Waals surface area contributed by atoms with Crippen molar-refractivity contribution in [1.29, 1.82) is 5.26 Å². The Bertz CT molecular complexity index is 1190. The lowest BCUT2D eigenvalue weighted by atomic mass is 10.1. The molecule has 6 heteroatoms. The number of nitrogens with one attached hydrogen (secondary N) is 1. The normalized spacial score (nSPS) is 17.8. The molecule has 162 valence electrons. The fourth-order valence-electron chi connectivity index (χ4n) is 4.85. The van der Waals surface area contributed by atoms with Gasteiger partial charge in [0.1, 0.15) is 0 Å². The van der Waals surface area contributed by atoms with E-state index < -0.39 is 0 Å². The summed E-state index contributed by atoms with van der Waals surface area (Å²) in [7, 11) is 1.95. The molecule has 0 saturated carbocycles. The van der Waals surface area contributed by atoms with E-state index in [1.807, 2.05) is 34.8 Å². The number of rotatable bonds is 4. The summed E-state index contributed by atoms with van der Waals surface area (Å²) in [6.07, 6.45) is 5.47. The van der Waals surface area contributed by atoms with Crippen LogP contribution in [0.5, 0.6) is 0 Å². The molecule has 1 saturated heterocycles. The summed E-state index contributed by atoms with van der Waals surface area (Å²) in [5.74, 6) is -0.0280. The topological polar surface area (TPSA) is 74.0 Å². The van der Waals surface area contributed by atoms with Gasteiger partial charge in [0.2, 0.25) is 0 Å². The largest absolute Gasteiger partial charge is 0.336 e. The molecule has 1 aromatic heterocycles. The van der Waals surface area contributed by atoms with Gasteiger partial charge < -0.3 is 10.2 Å².